The Morgan fingerprint density at radius 2 is 1.93 bits per heavy atom. The van der Waals surface area contributed by atoms with Crippen LogP contribution in [0.25, 0.3) is 0 Å². The van der Waals surface area contributed by atoms with Gasteiger partial charge in [-0.15, -0.1) is 0 Å². The number of oxime groups is 1. The van der Waals surface area contributed by atoms with Gasteiger partial charge in [-0.25, -0.2) is 13.2 Å². The number of carbonyl (C=O) groups is 2. The minimum Gasteiger partial charge on any atom is -0.483 e. The standard InChI is InChI=1S/C31H29F3N4O6/c1-17-8-9-31(12-25(42-2)36-44-31)24-15-37(17)30(41)26-28(43-16-18-6-4-3-5-7-18)27(39)21(14-38(24)26)29(40)35-13-20-22(33)10-19(32)11-23(20)34/h3-7,10-11,14,17,24H,8-9,12-13,15-16H2,1-2H3,(H,35,40)/t17-,24?,31-/m0/s1/i12D/t12?,17-,24?,31-. The number of aromatic nitrogens is 1. The topological polar surface area (TPSA) is 111 Å². The Morgan fingerprint density at radius 3 is 2.61 bits per heavy atom. The van der Waals surface area contributed by atoms with Crippen LogP contribution in [0, 0.1) is 17.5 Å². The van der Waals surface area contributed by atoms with Crippen molar-refractivity contribution in [2.24, 2.45) is 5.16 Å². The maximum atomic E-state index is 14.3. The van der Waals surface area contributed by atoms with Crippen molar-refractivity contribution < 1.29 is 38.4 Å². The molecule has 6 rings (SSSR count). The van der Waals surface area contributed by atoms with E-state index >= 15 is 0 Å². The summed E-state index contributed by atoms with van der Waals surface area (Å²) in [5.74, 6) is -5.43. The molecule has 44 heavy (non-hydrogen) atoms. The van der Waals surface area contributed by atoms with Crippen LogP contribution < -0.4 is 15.5 Å². The van der Waals surface area contributed by atoms with Gasteiger partial charge in [-0.1, -0.05) is 35.5 Å². The number of fused-ring (bicyclic) bond motifs is 5. The first-order chi connectivity index (χ1) is 21.6. The molecule has 1 N–H and O–H groups in total. The Labute approximate surface area is 251 Å². The fourth-order valence-corrected chi connectivity index (χ4v) is 5.88. The predicted molar refractivity (Wildman–Crippen MR) is 151 cm³/mol. The van der Waals surface area contributed by atoms with E-state index in [1.807, 2.05) is 6.92 Å². The lowest BCUT2D eigenvalue weighted by Gasteiger charge is -2.42. The van der Waals surface area contributed by atoms with Gasteiger partial charge in [0.2, 0.25) is 11.3 Å². The maximum absolute atomic E-state index is 14.3. The van der Waals surface area contributed by atoms with Crippen LogP contribution in [0.4, 0.5) is 13.2 Å². The fourth-order valence-electron chi connectivity index (χ4n) is 5.88. The van der Waals surface area contributed by atoms with E-state index in [0.717, 1.165) is 0 Å². The van der Waals surface area contributed by atoms with Crippen molar-refractivity contribution in [2.45, 2.75) is 57.0 Å². The second-order valence-corrected chi connectivity index (χ2v) is 10.9. The molecule has 2 unspecified atom stereocenters. The molecule has 0 aliphatic carbocycles. The summed E-state index contributed by atoms with van der Waals surface area (Å²) in [7, 11) is 1.37. The lowest BCUT2D eigenvalue weighted by Crippen LogP contribution is -2.52. The van der Waals surface area contributed by atoms with Crippen molar-refractivity contribution >= 4 is 17.7 Å². The van der Waals surface area contributed by atoms with Crippen molar-refractivity contribution in [1.82, 2.24) is 14.8 Å². The molecule has 1 saturated heterocycles. The lowest BCUT2D eigenvalue weighted by atomic mass is 9.85. The van der Waals surface area contributed by atoms with Crippen molar-refractivity contribution in [1.29, 1.82) is 0 Å². The number of hydrogen-bond donors (Lipinski definition) is 1. The average Bonchev–Trinajstić information content (AvgIpc) is 3.27. The number of nitrogens with zero attached hydrogens (tertiary/aromatic N) is 3. The zero-order valence-electron chi connectivity index (χ0n) is 24.8. The van der Waals surface area contributed by atoms with Crippen LogP contribution in [0.2, 0.25) is 0 Å². The number of nitrogens with one attached hydrogen (secondary N) is 1. The van der Waals surface area contributed by atoms with Crippen molar-refractivity contribution in [3.8, 4) is 5.75 Å². The number of halogens is 3. The highest BCUT2D eigenvalue weighted by Crippen LogP contribution is 2.46. The summed E-state index contributed by atoms with van der Waals surface area (Å²) >= 11 is 0. The largest absolute Gasteiger partial charge is 0.483 e. The van der Waals surface area contributed by atoms with Gasteiger partial charge in [0.05, 0.1) is 19.5 Å². The summed E-state index contributed by atoms with van der Waals surface area (Å²) < 4.78 is 63.7. The van der Waals surface area contributed by atoms with Gasteiger partial charge in [-0.2, -0.15) is 0 Å². The molecule has 1 aromatic heterocycles. The van der Waals surface area contributed by atoms with Gasteiger partial charge in [0.1, 0.15) is 29.6 Å². The Kier molecular flexibility index (Phi) is 7.23. The van der Waals surface area contributed by atoms with Gasteiger partial charge in [-0.05, 0) is 25.3 Å². The molecule has 3 aromatic rings. The normalized spacial score (nSPS) is 24.2. The molecule has 4 heterocycles. The molecule has 2 bridgehead atoms. The highest BCUT2D eigenvalue weighted by atomic mass is 19.1. The molecular weight excluding hydrogens is 581 g/mol. The van der Waals surface area contributed by atoms with Crippen molar-refractivity contribution in [3.63, 3.8) is 0 Å². The summed E-state index contributed by atoms with van der Waals surface area (Å²) in [6.45, 7) is 1.11. The van der Waals surface area contributed by atoms with Gasteiger partial charge in [-0.3, -0.25) is 14.4 Å². The van der Waals surface area contributed by atoms with Crippen LogP contribution in [0.3, 0.4) is 0 Å². The van der Waals surface area contributed by atoms with E-state index < -0.39 is 76.2 Å². The van der Waals surface area contributed by atoms with Gasteiger partial charge < -0.3 is 29.1 Å². The summed E-state index contributed by atoms with van der Waals surface area (Å²) in [4.78, 5) is 48.9. The molecule has 0 saturated carbocycles. The molecule has 0 radical (unpaired) electrons. The second kappa shape index (κ2) is 11.4. The molecule has 10 nitrogen and oxygen atoms in total. The Morgan fingerprint density at radius 1 is 1.20 bits per heavy atom. The van der Waals surface area contributed by atoms with Crippen LogP contribution in [0.5, 0.6) is 5.75 Å². The molecule has 3 aliphatic rings. The summed E-state index contributed by atoms with van der Waals surface area (Å²) in [6.07, 6.45) is 0.822. The van der Waals surface area contributed by atoms with E-state index in [-0.39, 0.29) is 30.8 Å². The molecule has 230 valence electrons. The molecule has 3 aliphatic heterocycles. The van der Waals surface area contributed by atoms with Gasteiger partial charge in [0.15, 0.2) is 17.0 Å². The van der Waals surface area contributed by atoms with Gasteiger partial charge in [0, 0.05) is 44.4 Å². The predicted octanol–water partition coefficient (Wildman–Crippen LogP) is 4.07. The second-order valence-electron chi connectivity index (χ2n) is 10.9. The molecular formula is C31H29F3N4O6. The highest BCUT2D eigenvalue weighted by Gasteiger charge is 2.54. The third kappa shape index (κ3) is 5.05. The minimum absolute atomic E-state index is 0.0393. The molecule has 1 spiro atoms. The fraction of sp³-hybridized carbons (Fsp3) is 0.355. The van der Waals surface area contributed by atoms with Crippen LogP contribution in [0.1, 0.15) is 65.5 Å². The summed E-state index contributed by atoms with van der Waals surface area (Å²) in [6, 6.07) is 8.71. The molecule has 1 fully saturated rings. The third-order valence-electron chi connectivity index (χ3n) is 8.29. The number of amides is 2. The molecule has 4 atom stereocenters. The van der Waals surface area contributed by atoms with Crippen LogP contribution >= 0.6 is 0 Å². The SMILES string of the molecule is [2H]C1C(OC)=NO[C@@]12CC[C@H](C)N1CC2n2cc(C(=O)NCc3c(F)cc(F)cc3F)c(=O)c(OCc3ccccc3)c2C1=O. The number of rotatable bonds is 6. The molecule has 2 aromatic carbocycles. The van der Waals surface area contributed by atoms with E-state index in [1.165, 1.54) is 17.9 Å². The zero-order chi connectivity index (χ0) is 32.0. The first kappa shape index (κ1) is 28.0. The van der Waals surface area contributed by atoms with E-state index in [9.17, 15) is 27.6 Å². The van der Waals surface area contributed by atoms with E-state index in [0.29, 0.717) is 30.5 Å². The van der Waals surface area contributed by atoms with Crippen LogP contribution in [0.15, 0.2) is 58.6 Å². The monoisotopic (exact) mass is 611 g/mol. The number of hydrogen-bond acceptors (Lipinski definition) is 7. The minimum atomic E-state index is -1.33. The molecule has 2 amide bonds. The Bertz CT molecular complexity index is 1750. The first-order valence-electron chi connectivity index (χ1n) is 14.5. The Hall–Kier alpha value is -4.81. The first-order valence-corrected chi connectivity index (χ1v) is 14.0. The Balaban J connectivity index is 1.47. The average molecular weight is 612 g/mol. The van der Waals surface area contributed by atoms with Crippen molar-refractivity contribution in [2.75, 3.05) is 13.7 Å². The number of methoxy groups -OCH3 is 1. The smallest absolute Gasteiger partial charge is 0.274 e. The van der Waals surface area contributed by atoms with E-state index in [2.05, 4.69) is 10.5 Å². The highest BCUT2D eigenvalue weighted by molar-refractivity contribution is 5.99. The lowest BCUT2D eigenvalue weighted by molar-refractivity contribution is -0.0656. The van der Waals surface area contributed by atoms with E-state index in [4.69, 9.17) is 15.7 Å². The van der Waals surface area contributed by atoms with Gasteiger partial charge in [0.25, 0.3) is 11.8 Å². The summed E-state index contributed by atoms with van der Waals surface area (Å²) in [5.41, 5.74) is -2.79. The molecule has 13 heteroatoms. The van der Waals surface area contributed by atoms with Crippen molar-refractivity contribution in [3.05, 3.63) is 98.7 Å². The van der Waals surface area contributed by atoms with Crippen LogP contribution in [-0.4, -0.2) is 52.5 Å². The third-order valence-corrected chi connectivity index (χ3v) is 8.29. The van der Waals surface area contributed by atoms with Gasteiger partial charge >= 0.3 is 0 Å². The number of ether oxygens (including phenoxy) is 2. The summed E-state index contributed by atoms with van der Waals surface area (Å²) in [5, 5.41) is 6.32. The number of pyridine rings is 1. The van der Waals surface area contributed by atoms with Crippen LogP contribution in [-0.2, 0) is 22.7 Å². The maximum Gasteiger partial charge on any atom is 0.274 e. The number of benzene rings is 2. The zero-order valence-corrected chi connectivity index (χ0v) is 23.8. The quantitative estimate of drug-likeness (QED) is 0.450. The number of carbonyl (C=O) groups excluding carboxylic acids is 2. The van der Waals surface area contributed by atoms with E-state index in [1.54, 1.807) is 35.2 Å².